The summed E-state index contributed by atoms with van der Waals surface area (Å²) in [7, 11) is 0. The fourth-order valence-corrected chi connectivity index (χ4v) is 1.61. The normalized spacial score (nSPS) is 10.7. The molecule has 0 aliphatic heterocycles. The van der Waals surface area contributed by atoms with Crippen LogP contribution in [-0.2, 0) is 0 Å². The van der Waals surface area contributed by atoms with Crippen molar-refractivity contribution in [2.24, 2.45) is 0 Å². The Bertz CT molecular complexity index is 513. The number of aliphatic hydroxyl groups is 1. The highest BCUT2D eigenvalue weighted by Crippen LogP contribution is 2.25. The molecule has 18 heavy (non-hydrogen) atoms. The van der Waals surface area contributed by atoms with Crippen molar-refractivity contribution >= 4 is 17.3 Å². The molecular weight excluding hydrogens is 254 g/mol. The second kappa shape index (κ2) is 5.85. The molecule has 0 saturated carbocycles. The van der Waals surface area contributed by atoms with E-state index < -0.39 is 10.5 Å². The van der Waals surface area contributed by atoms with E-state index in [1.54, 1.807) is 13.8 Å². The first-order valence-electron chi connectivity index (χ1n) is 5.62. The SMILES string of the molecule is CCC(O)(C#Cc1c(Cl)cccc1[N+](=O)[O-])CC. The third kappa shape index (κ3) is 3.22. The van der Waals surface area contributed by atoms with Gasteiger partial charge >= 0.3 is 0 Å². The highest BCUT2D eigenvalue weighted by Gasteiger charge is 2.20. The van der Waals surface area contributed by atoms with E-state index in [2.05, 4.69) is 11.8 Å². The van der Waals surface area contributed by atoms with Gasteiger partial charge in [0.05, 0.1) is 9.95 Å². The average molecular weight is 268 g/mol. The standard InChI is InChI=1S/C13H14ClNO3/c1-3-13(16,4-2)9-8-10-11(14)6-5-7-12(10)15(17)18/h5-7,16H,3-4H2,1-2H3. The molecule has 5 heteroatoms. The van der Waals surface area contributed by atoms with Gasteiger partial charge in [0.2, 0.25) is 0 Å². The smallest absolute Gasteiger partial charge is 0.286 e. The van der Waals surface area contributed by atoms with Crippen LogP contribution in [-0.4, -0.2) is 15.6 Å². The molecule has 0 fully saturated rings. The van der Waals surface area contributed by atoms with Crippen LogP contribution in [0.5, 0.6) is 0 Å². The molecule has 0 heterocycles. The van der Waals surface area contributed by atoms with Crippen molar-refractivity contribution in [1.29, 1.82) is 0 Å². The number of rotatable bonds is 3. The summed E-state index contributed by atoms with van der Waals surface area (Å²) in [6.45, 7) is 3.61. The Morgan fingerprint density at radius 2 is 2.06 bits per heavy atom. The van der Waals surface area contributed by atoms with Gasteiger partial charge in [-0.3, -0.25) is 10.1 Å². The van der Waals surface area contributed by atoms with E-state index in [1.807, 2.05) is 0 Å². The number of halogens is 1. The van der Waals surface area contributed by atoms with Crippen molar-refractivity contribution in [3.63, 3.8) is 0 Å². The number of benzene rings is 1. The molecule has 4 nitrogen and oxygen atoms in total. The molecule has 0 spiro atoms. The Kier molecular flexibility index (Phi) is 4.71. The summed E-state index contributed by atoms with van der Waals surface area (Å²) in [5.41, 5.74) is -1.14. The highest BCUT2D eigenvalue weighted by molar-refractivity contribution is 6.32. The van der Waals surface area contributed by atoms with Crippen LogP contribution in [0.3, 0.4) is 0 Å². The van der Waals surface area contributed by atoms with Crippen molar-refractivity contribution in [1.82, 2.24) is 0 Å². The third-order valence-electron chi connectivity index (χ3n) is 2.78. The quantitative estimate of drug-likeness (QED) is 0.520. The molecule has 0 radical (unpaired) electrons. The molecule has 0 aromatic heterocycles. The van der Waals surface area contributed by atoms with Crippen LogP contribution in [0, 0.1) is 22.0 Å². The van der Waals surface area contributed by atoms with Crippen molar-refractivity contribution in [3.05, 3.63) is 38.9 Å². The van der Waals surface area contributed by atoms with Gasteiger partial charge in [-0.15, -0.1) is 0 Å². The van der Waals surface area contributed by atoms with Gasteiger partial charge in [0.25, 0.3) is 5.69 Å². The van der Waals surface area contributed by atoms with Crippen molar-refractivity contribution in [2.45, 2.75) is 32.3 Å². The third-order valence-corrected chi connectivity index (χ3v) is 3.09. The van der Waals surface area contributed by atoms with E-state index in [9.17, 15) is 15.2 Å². The summed E-state index contributed by atoms with van der Waals surface area (Å²) in [5, 5.41) is 21.1. The maximum atomic E-state index is 10.9. The minimum atomic E-state index is -1.13. The van der Waals surface area contributed by atoms with Crippen LogP contribution in [0.1, 0.15) is 32.3 Å². The zero-order chi connectivity index (χ0) is 13.8. The Morgan fingerprint density at radius 3 is 2.56 bits per heavy atom. The average Bonchev–Trinajstić information content (AvgIpc) is 2.36. The van der Waals surface area contributed by atoms with Gasteiger partial charge in [0.1, 0.15) is 11.2 Å². The zero-order valence-electron chi connectivity index (χ0n) is 10.2. The summed E-state index contributed by atoms with van der Waals surface area (Å²) in [6, 6.07) is 4.37. The largest absolute Gasteiger partial charge is 0.378 e. The summed E-state index contributed by atoms with van der Waals surface area (Å²) < 4.78 is 0. The fourth-order valence-electron chi connectivity index (χ4n) is 1.39. The summed E-state index contributed by atoms with van der Waals surface area (Å²) >= 11 is 5.90. The van der Waals surface area contributed by atoms with Crippen molar-refractivity contribution in [2.75, 3.05) is 0 Å². The lowest BCUT2D eigenvalue weighted by Gasteiger charge is -2.17. The number of nitrogens with zero attached hydrogens (tertiary/aromatic N) is 1. The highest BCUT2D eigenvalue weighted by atomic mass is 35.5. The number of hydrogen-bond donors (Lipinski definition) is 1. The first-order valence-corrected chi connectivity index (χ1v) is 5.99. The van der Waals surface area contributed by atoms with Gasteiger partial charge < -0.3 is 5.11 Å². The lowest BCUT2D eigenvalue weighted by molar-refractivity contribution is -0.385. The van der Waals surface area contributed by atoms with Gasteiger partial charge in [-0.2, -0.15) is 0 Å². The fraction of sp³-hybridized carbons (Fsp3) is 0.385. The van der Waals surface area contributed by atoms with Crippen LogP contribution in [0.2, 0.25) is 5.02 Å². The molecule has 0 aliphatic rings. The second-order valence-electron chi connectivity index (χ2n) is 3.88. The molecule has 0 bridgehead atoms. The second-order valence-corrected chi connectivity index (χ2v) is 4.29. The number of nitro groups is 1. The molecule has 1 N–H and O–H groups in total. The summed E-state index contributed by atoms with van der Waals surface area (Å²) in [5.74, 6) is 5.30. The molecule has 1 aromatic carbocycles. The Balaban J connectivity index is 3.27. The van der Waals surface area contributed by atoms with Crippen LogP contribution in [0.25, 0.3) is 0 Å². The number of hydrogen-bond acceptors (Lipinski definition) is 3. The van der Waals surface area contributed by atoms with Gasteiger partial charge in [-0.1, -0.05) is 43.4 Å². The lowest BCUT2D eigenvalue weighted by Crippen LogP contribution is -2.23. The van der Waals surface area contributed by atoms with E-state index in [1.165, 1.54) is 18.2 Å². The maximum Gasteiger partial charge on any atom is 0.286 e. The topological polar surface area (TPSA) is 63.4 Å². The van der Waals surface area contributed by atoms with Crippen molar-refractivity contribution in [3.8, 4) is 11.8 Å². The van der Waals surface area contributed by atoms with E-state index in [4.69, 9.17) is 11.6 Å². The first-order chi connectivity index (χ1) is 8.43. The molecule has 0 atom stereocenters. The van der Waals surface area contributed by atoms with Gasteiger partial charge in [0, 0.05) is 6.07 Å². The predicted molar refractivity (Wildman–Crippen MR) is 70.5 cm³/mol. The van der Waals surface area contributed by atoms with E-state index >= 15 is 0 Å². The van der Waals surface area contributed by atoms with Crippen LogP contribution in [0.4, 0.5) is 5.69 Å². The van der Waals surface area contributed by atoms with Gasteiger partial charge in [-0.25, -0.2) is 0 Å². The minimum Gasteiger partial charge on any atom is -0.378 e. The van der Waals surface area contributed by atoms with Crippen molar-refractivity contribution < 1.29 is 10.0 Å². The van der Waals surface area contributed by atoms with E-state index in [-0.39, 0.29) is 16.3 Å². The Hall–Kier alpha value is -1.57. The molecule has 96 valence electrons. The first kappa shape index (κ1) is 14.5. The molecule has 1 aromatic rings. The maximum absolute atomic E-state index is 10.9. The van der Waals surface area contributed by atoms with E-state index in [0.717, 1.165) is 0 Å². The van der Waals surface area contributed by atoms with Gasteiger partial charge in [-0.05, 0) is 18.9 Å². The number of nitro benzene ring substituents is 1. The van der Waals surface area contributed by atoms with Crippen LogP contribution < -0.4 is 0 Å². The minimum absolute atomic E-state index is 0.143. The molecule has 0 saturated heterocycles. The summed E-state index contributed by atoms with van der Waals surface area (Å²) in [6.07, 6.45) is 0.906. The summed E-state index contributed by atoms with van der Waals surface area (Å²) in [4.78, 5) is 10.3. The Morgan fingerprint density at radius 1 is 1.44 bits per heavy atom. The van der Waals surface area contributed by atoms with Gasteiger partial charge in [0.15, 0.2) is 0 Å². The monoisotopic (exact) mass is 267 g/mol. The molecule has 0 aliphatic carbocycles. The van der Waals surface area contributed by atoms with Crippen LogP contribution in [0.15, 0.2) is 18.2 Å². The molecule has 1 rings (SSSR count). The molecule has 0 amide bonds. The lowest BCUT2D eigenvalue weighted by atomic mass is 9.98. The Labute approximate surface area is 111 Å². The van der Waals surface area contributed by atoms with E-state index in [0.29, 0.717) is 12.8 Å². The molecule has 0 unspecified atom stereocenters. The zero-order valence-corrected chi connectivity index (χ0v) is 11.0. The predicted octanol–water partition coefficient (Wildman–Crippen LogP) is 3.15. The molecular formula is C13H14ClNO3. The van der Waals surface area contributed by atoms with Crippen LogP contribution >= 0.6 is 11.6 Å².